The summed E-state index contributed by atoms with van der Waals surface area (Å²) in [6, 6.07) is 16.7. The molecule has 0 saturated carbocycles. The molecule has 0 radical (unpaired) electrons. The van der Waals surface area contributed by atoms with Crippen LogP contribution in [0.4, 0.5) is 0 Å². The molecular weight excluding hydrogens is 238 g/mol. The molecule has 2 aromatic carbocycles. The fourth-order valence-corrected chi connectivity index (χ4v) is 2.09. The molecule has 2 N–H and O–H groups in total. The van der Waals surface area contributed by atoms with Crippen LogP contribution < -0.4 is 5.32 Å². The first kappa shape index (κ1) is 13.1. The highest BCUT2D eigenvalue weighted by Gasteiger charge is 2.19. The molecule has 0 aromatic heterocycles. The van der Waals surface area contributed by atoms with E-state index in [4.69, 9.17) is 0 Å². The van der Waals surface area contributed by atoms with Crippen LogP contribution in [-0.2, 0) is 11.2 Å². The third-order valence-electron chi connectivity index (χ3n) is 3.14. The van der Waals surface area contributed by atoms with E-state index in [1.165, 1.54) is 0 Å². The van der Waals surface area contributed by atoms with E-state index in [1.54, 1.807) is 19.2 Å². The second kappa shape index (κ2) is 6.05. The normalized spacial score (nSPS) is 11.8. The Morgan fingerprint density at radius 1 is 1.11 bits per heavy atom. The van der Waals surface area contributed by atoms with Gasteiger partial charge in [-0.25, -0.2) is 0 Å². The topological polar surface area (TPSA) is 49.3 Å². The minimum atomic E-state index is -0.212. The zero-order valence-electron chi connectivity index (χ0n) is 10.8. The van der Waals surface area contributed by atoms with Crippen molar-refractivity contribution in [2.45, 2.75) is 12.3 Å². The van der Waals surface area contributed by atoms with Gasteiger partial charge in [0.2, 0.25) is 5.91 Å². The van der Waals surface area contributed by atoms with E-state index in [-0.39, 0.29) is 17.6 Å². The van der Waals surface area contributed by atoms with Gasteiger partial charge in [0.25, 0.3) is 0 Å². The Kier molecular flexibility index (Phi) is 4.18. The SMILES string of the molecule is CNC(=O)[C@@H](Cc1ccc(O)cc1)c1ccccc1. The standard InChI is InChI=1S/C16H17NO2/c1-17-16(19)15(13-5-3-2-4-6-13)11-12-7-9-14(18)10-8-12/h2-10,15,18H,11H2,1H3,(H,17,19)/t15-/m0/s1. The molecule has 0 spiro atoms. The second-order valence-electron chi connectivity index (χ2n) is 4.45. The maximum atomic E-state index is 12.0. The highest BCUT2D eigenvalue weighted by atomic mass is 16.3. The first-order valence-corrected chi connectivity index (χ1v) is 6.25. The third-order valence-corrected chi connectivity index (χ3v) is 3.14. The van der Waals surface area contributed by atoms with Crippen LogP contribution in [0.2, 0.25) is 0 Å². The van der Waals surface area contributed by atoms with Crippen molar-refractivity contribution >= 4 is 5.91 Å². The molecule has 2 rings (SSSR count). The van der Waals surface area contributed by atoms with Crippen LogP contribution in [0, 0.1) is 0 Å². The van der Waals surface area contributed by atoms with Gasteiger partial charge in [0.15, 0.2) is 0 Å². The van der Waals surface area contributed by atoms with Gasteiger partial charge in [0, 0.05) is 7.05 Å². The van der Waals surface area contributed by atoms with E-state index in [0.717, 1.165) is 11.1 Å². The number of carbonyl (C=O) groups is 1. The minimum absolute atomic E-state index is 0.000671. The first-order chi connectivity index (χ1) is 9.20. The van der Waals surface area contributed by atoms with Gasteiger partial charge in [0.1, 0.15) is 5.75 Å². The number of carbonyl (C=O) groups excluding carboxylic acids is 1. The summed E-state index contributed by atoms with van der Waals surface area (Å²) in [5.41, 5.74) is 2.02. The summed E-state index contributed by atoms with van der Waals surface area (Å²) in [6.07, 6.45) is 0.615. The van der Waals surface area contributed by atoms with Crippen LogP contribution >= 0.6 is 0 Å². The molecule has 0 bridgehead atoms. The zero-order chi connectivity index (χ0) is 13.7. The molecule has 0 aliphatic heterocycles. The average molecular weight is 255 g/mol. The highest BCUT2D eigenvalue weighted by Crippen LogP contribution is 2.22. The summed E-state index contributed by atoms with van der Waals surface area (Å²) in [6.45, 7) is 0. The van der Waals surface area contributed by atoms with Gasteiger partial charge in [-0.15, -0.1) is 0 Å². The largest absolute Gasteiger partial charge is 0.508 e. The molecule has 98 valence electrons. The minimum Gasteiger partial charge on any atom is -0.508 e. The molecule has 19 heavy (non-hydrogen) atoms. The van der Waals surface area contributed by atoms with Gasteiger partial charge in [-0.05, 0) is 29.7 Å². The quantitative estimate of drug-likeness (QED) is 0.881. The van der Waals surface area contributed by atoms with E-state index in [1.807, 2.05) is 42.5 Å². The van der Waals surface area contributed by atoms with Crippen LogP contribution in [0.3, 0.4) is 0 Å². The van der Waals surface area contributed by atoms with Gasteiger partial charge < -0.3 is 10.4 Å². The van der Waals surface area contributed by atoms with E-state index in [0.29, 0.717) is 6.42 Å². The summed E-state index contributed by atoms with van der Waals surface area (Å²) >= 11 is 0. The number of likely N-dealkylation sites (N-methyl/N-ethyl adjacent to an activating group) is 1. The van der Waals surface area contributed by atoms with Crippen molar-refractivity contribution in [3.63, 3.8) is 0 Å². The number of nitrogens with one attached hydrogen (secondary N) is 1. The van der Waals surface area contributed by atoms with Crippen molar-refractivity contribution < 1.29 is 9.90 Å². The van der Waals surface area contributed by atoms with Gasteiger partial charge in [0.05, 0.1) is 5.92 Å². The molecule has 0 aliphatic rings. The maximum Gasteiger partial charge on any atom is 0.227 e. The molecule has 2 aromatic rings. The molecule has 1 atom stereocenters. The van der Waals surface area contributed by atoms with Crippen LogP contribution in [0.15, 0.2) is 54.6 Å². The predicted molar refractivity (Wildman–Crippen MR) is 75.1 cm³/mol. The summed E-state index contributed by atoms with van der Waals surface area (Å²) in [5.74, 6) is 0.0231. The Hall–Kier alpha value is -2.29. The maximum absolute atomic E-state index is 12.0. The van der Waals surface area contributed by atoms with Crippen molar-refractivity contribution in [2.75, 3.05) is 7.05 Å². The molecule has 0 aliphatic carbocycles. The van der Waals surface area contributed by atoms with E-state index in [2.05, 4.69) is 5.32 Å². The first-order valence-electron chi connectivity index (χ1n) is 6.25. The van der Waals surface area contributed by atoms with Crippen molar-refractivity contribution in [3.8, 4) is 5.75 Å². The Morgan fingerprint density at radius 3 is 2.32 bits per heavy atom. The van der Waals surface area contributed by atoms with E-state index in [9.17, 15) is 9.90 Å². The fourth-order valence-electron chi connectivity index (χ4n) is 2.09. The average Bonchev–Trinajstić information content (AvgIpc) is 2.47. The van der Waals surface area contributed by atoms with Crippen LogP contribution in [0.25, 0.3) is 0 Å². The van der Waals surface area contributed by atoms with E-state index < -0.39 is 0 Å². The lowest BCUT2D eigenvalue weighted by molar-refractivity contribution is -0.122. The predicted octanol–water partition coefficient (Wildman–Crippen LogP) is 2.46. The van der Waals surface area contributed by atoms with E-state index >= 15 is 0 Å². The number of rotatable bonds is 4. The molecule has 0 heterocycles. The monoisotopic (exact) mass is 255 g/mol. The summed E-state index contributed by atoms with van der Waals surface area (Å²) in [4.78, 5) is 12.0. The number of hydrogen-bond donors (Lipinski definition) is 2. The van der Waals surface area contributed by atoms with Crippen molar-refractivity contribution in [2.24, 2.45) is 0 Å². The molecule has 0 unspecified atom stereocenters. The second-order valence-corrected chi connectivity index (χ2v) is 4.45. The van der Waals surface area contributed by atoms with Crippen LogP contribution in [0.5, 0.6) is 5.75 Å². The lowest BCUT2D eigenvalue weighted by Crippen LogP contribution is -2.27. The number of phenols is 1. The van der Waals surface area contributed by atoms with Gasteiger partial charge in [-0.1, -0.05) is 42.5 Å². The summed E-state index contributed by atoms with van der Waals surface area (Å²) in [7, 11) is 1.65. The van der Waals surface area contributed by atoms with Gasteiger partial charge >= 0.3 is 0 Å². The Morgan fingerprint density at radius 2 is 1.74 bits per heavy atom. The lowest BCUT2D eigenvalue weighted by atomic mass is 9.91. The van der Waals surface area contributed by atoms with Crippen molar-refractivity contribution in [1.29, 1.82) is 0 Å². The van der Waals surface area contributed by atoms with Crippen molar-refractivity contribution in [3.05, 3.63) is 65.7 Å². The summed E-state index contributed by atoms with van der Waals surface area (Å²) in [5, 5.41) is 12.0. The molecular formula is C16H17NO2. The zero-order valence-corrected chi connectivity index (χ0v) is 10.8. The molecule has 0 fully saturated rings. The fraction of sp³-hybridized carbons (Fsp3) is 0.188. The Balaban J connectivity index is 2.24. The Labute approximate surface area is 112 Å². The number of phenolic OH excluding ortho intramolecular Hbond substituents is 1. The molecule has 3 heteroatoms. The smallest absolute Gasteiger partial charge is 0.227 e. The van der Waals surface area contributed by atoms with Gasteiger partial charge in [-0.2, -0.15) is 0 Å². The summed E-state index contributed by atoms with van der Waals surface area (Å²) < 4.78 is 0. The van der Waals surface area contributed by atoms with Crippen molar-refractivity contribution in [1.82, 2.24) is 5.32 Å². The third kappa shape index (κ3) is 3.35. The number of amides is 1. The van der Waals surface area contributed by atoms with Gasteiger partial charge in [-0.3, -0.25) is 4.79 Å². The van der Waals surface area contributed by atoms with Crippen LogP contribution in [0.1, 0.15) is 17.0 Å². The van der Waals surface area contributed by atoms with Crippen LogP contribution in [-0.4, -0.2) is 18.1 Å². The molecule has 0 saturated heterocycles. The number of benzene rings is 2. The lowest BCUT2D eigenvalue weighted by Gasteiger charge is -2.16. The Bertz CT molecular complexity index is 534. The number of aromatic hydroxyl groups is 1. The number of hydrogen-bond acceptors (Lipinski definition) is 2. The highest BCUT2D eigenvalue weighted by molar-refractivity contribution is 5.83. The molecule has 3 nitrogen and oxygen atoms in total. The molecule has 1 amide bonds.